The summed E-state index contributed by atoms with van der Waals surface area (Å²) in [5.41, 5.74) is 0.725. The smallest absolute Gasteiger partial charge is 0.169 e. The molecule has 1 rings (SSSR count). The molecule has 0 saturated heterocycles. The molecule has 0 heterocycles. The van der Waals surface area contributed by atoms with Crippen molar-refractivity contribution in [2.24, 2.45) is 0 Å². The van der Waals surface area contributed by atoms with Gasteiger partial charge in [0.15, 0.2) is 9.84 Å². The second kappa shape index (κ2) is 3.92. The highest BCUT2D eigenvalue weighted by Crippen LogP contribution is 2.17. The molecule has 1 aromatic carbocycles. The summed E-state index contributed by atoms with van der Waals surface area (Å²) in [7, 11) is -3.22. The van der Waals surface area contributed by atoms with Crippen molar-refractivity contribution in [2.75, 3.05) is 6.26 Å². The Bertz CT molecular complexity index is 461. The van der Waals surface area contributed by atoms with Gasteiger partial charge in [-0.1, -0.05) is 18.2 Å². The van der Waals surface area contributed by atoms with E-state index in [-0.39, 0.29) is 0 Å². The Balaban J connectivity index is 3.20. The fourth-order valence-corrected chi connectivity index (χ4v) is 1.93. The first kappa shape index (κ1) is 10.9. The van der Waals surface area contributed by atoms with Crippen LogP contribution < -0.4 is 0 Å². The molecule has 0 aliphatic carbocycles. The minimum absolute atomic E-state index is 0.318. The number of halogens is 1. The van der Waals surface area contributed by atoms with Crippen molar-refractivity contribution in [1.29, 1.82) is 0 Å². The molecule has 0 spiro atoms. The van der Waals surface area contributed by atoms with Crippen LogP contribution in [0, 0.1) is 5.82 Å². The minimum Gasteiger partial charge on any atom is -0.225 e. The Morgan fingerprint density at radius 3 is 2.43 bits per heavy atom. The van der Waals surface area contributed by atoms with E-state index in [0.717, 1.165) is 11.7 Å². The Morgan fingerprint density at radius 1 is 1.36 bits per heavy atom. The third kappa shape index (κ3) is 2.96. The van der Waals surface area contributed by atoms with Crippen LogP contribution in [0.2, 0.25) is 0 Å². The largest absolute Gasteiger partial charge is 0.225 e. The molecule has 14 heavy (non-hydrogen) atoms. The number of sulfone groups is 1. The first-order chi connectivity index (χ1) is 6.40. The van der Waals surface area contributed by atoms with Crippen LogP contribution in [-0.2, 0) is 9.84 Å². The molecular formula is C10H11FO2S. The average Bonchev–Trinajstić information content (AvgIpc) is 2.01. The van der Waals surface area contributed by atoms with Crippen LogP contribution in [0.3, 0.4) is 0 Å². The van der Waals surface area contributed by atoms with Crippen LogP contribution in [0.25, 0.3) is 5.57 Å². The fourth-order valence-electron chi connectivity index (χ4n) is 1.17. The zero-order valence-corrected chi connectivity index (χ0v) is 8.81. The SMILES string of the molecule is C/C(=C\S(C)(=O)=O)c1ccccc1F. The molecule has 76 valence electrons. The lowest BCUT2D eigenvalue weighted by molar-refractivity contribution is 0.610. The molecule has 0 amide bonds. The number of rotatable bonds is 2. The molecule has 0 N–H and O–H groups in total. The van der Waals surface area contributed by atoms with Gasteiger partial charge in [0, 0.05) is 17.2 Å². The van der Waals surface area contributed by atoms with E-state index < -0.39 is 15.7 Å². The van der Waals surface area contributed by atoms with E-state index in [9.17, 15) is 12.8 Å². The normalized spacial score (nSPS) is 12.9. The predicted octanol–water partition coefficient (Wildman–Crippen LogP) is 2.23. The lowest BCUT2D eigenvalue weighted by Crippen LogP contribution is -1.93. The van der Waals surface area contributed by atoms with Crippen LogP contribution in [0.15, 0.2) is 29.7 Å². The third-order valence-electron chi connectivity index (χ3n) is 1.69. The van der Waals surface area contributed by atoms with Crippen molar-refractivity contribution < 1.29 is 12.8 Å². The van der Waals surface area contributed by atoms with Gasteiger partial charge in [-0.3, -0.25) is 0 Å². The van der Waals surface area contributed by atoms with Gasteiger partial charge in [0.25, 0.3) is 0 Å². The van der Waals surface area contributed by atoms with Crippen LogP contribution in [0.4, 0.5) is 4.39 Å². The topological polar surface area (TPSA) is 34.1 Å². The van der Waals surface area contributed by atoms with Crippen molar-refractivity contribution in [3.05, 3.63) is 41.1 Å². The van der Waals surface area contributed by atoms with Crippen LogP contribution in [0.1, 0.15) is 12.5 Å². The van der Waals surface area contributed by atoms with E-state index in [1.54, 1.807) is 25.1 Å². The highest BCUT2D eigenvalue weighted by Gasteiger charge is 2.05. The molecule has 0 saturated carbocycles. The third-order valence-corrected chi connectivity index (χ3v) is 2.47. The maximum absolute atomic E-state index is 13.2. The van der Waals surface area contributed by atoms with Crippen molar-refractivity contribution in [3.63, 3.8) is 0 Å². The maximum Gasteiger partial charge on any atom is 0.169 e. The molecule has 0 aliphatic heterocycles. The van der Waals surface area contributed by atoms with E-state index in [4.69, 9.17) is 0 Å². The summed E-state index contributed by atoms with van der Waals surface area (Å²) < 4.78 is 35.0. The lowest BCUT2D eigenvalue weighted by Gasteiger charge is -2.01. The van der Waals surface area contributed by atoms with Crippen molar-refractivity contribution in [2.45, 2.75) is 6.92 Å². The van der Waals surface area contributed by atoms with Gasteiger partial charge in [0.05, 0.1) is 0 Å². The van der Waals surface area contributed by atoms with E-state index in [1.165, 1.54) is 6.07 Å². The van der Waals surface area contributed by atoms with Gasteiger partial charge in [0.1, 0.15) is 5.82 Å². The predicted molar refractivity (Wildman–Crippen MR) is 54.9 cm³/mol. The van der Waals surface area contributed by atoms with E-state index in [2.05, 4.69) is 0 Å². The summed E-state index contributed by atoms with van der Waals surface area (Å²) in [5.74, 6) is -0.412. The molecule has 0 aliphatic rings. The van der Waals surface area contributed by atoms with Crippen LogP contribution in [-0.4, -0.2) is 14.7 Å². The molecule has 1 aromatic rings. The fraction of sp³-hybridized carbons (Fsp3) is 0.200. The van der Waals surface area contributed by atoms with Crippen molar-refractivity contribution in [3.8, 4) is 0 Å². The van der Waals surface area contributed by atoms with Crippen molar-refractivity contribution >= 4 is 15.4 Å². The highest BCUT2D eigenvalue weighted by atomic mass is 32.2. The summed E-state index contributed by atoms with van der Waals surface area (Å²) >= 11 is 0. The molecule has 0 aromatic heterocycles. The van der Waals surface area contributed by atoms with Gasteiger partial charge in [-0.05, 0) is 18.6 Å². The summed E-state index contributed by atoms with van der Waals surface area (Å²) in [5, 5.41) is 1.06. The summed E-state index contributed by atoms with van der Waals surface area (Å²) in [6.45, 7) is 1.57. The zero-order chi connectivity index (χ0) is 10.8. The summed E-state index contributed by atoms with van der Waals surface area (Å²) in [6.07, 6.45) is 1.08. The Kier molecular flexibility index (Phi) is 3.06. The summed E-state index contributed by atoms with van der Waals surface area (Å²) in [4.78, 5) is 0. The first-order valence-electron chi connectivity index (χ1n) is 4.03. The molecule has 0 atom stereocenters. The monoisotopic (exact) mass is 214 g/mol. The number of hydrogen-bond donors (Lipinski definition) is 0. The molecule has 0 unspecified atom stereocenters. The van der Waals surface area contributed by atoms with Gasteiger partial charge in [-0.2, -0.15) is 0 Å². The number of hydrogen-bond acceptors (Lipinski definition) is 2. The number of allylic oxidation sites excluding steroid dienone is 1. The maximum atomic E-state index is 13.2. The second-order valence-electron chi connectivity index (χ2n) is 3.11. The van der Waals surface area contributed by atoms with Gasteiger partial charge in [0.2, 0.25) is 0 Å². The van der Waals surface area contributed by atoms with E-state index in [1.807, 2.05) is 0 Å². The number of benzene rings is 1. The van der Waals surface area contributed by atoms with Crippen LogP contribution in [0.5, 0.6) is 0 Å². The van der Waals surface area contributed by atoms with E-state index in [0.29, 0.717) is 11.1 Å². The molecule has 0 fully saturated rings. The lowest BCUT2D eigenvalue weighted by atomic mass is 10.1. The van der Waals surface area contributed by atoms with Gasteiger partial charge < -0.3 is 0 Å². The van der Waals surface area contributed by atoms with Gasteiger partial charge >= 0.3 is 0 Å². The molecule has 2 nitrogen and oxygen atoms in total. The average molecular weight is 214 g/mol. The molecule has 0 bridgehead atoms. The Hall–Kier alpha value is -1.16. The van der Waals surface area contributed by atoms with Crippen LogP contribution >= 0.6 is 0 Å². The minimum atomic E-state index is -3.22. The molecule has 4 heteroatoms. The van der Waals surface area contributed by atoms with E-state index >= 15 is 0 Å². The Morgan fingerprint density at radius 2 is 1.93 bits per heavy atom. The van der Waals surface area contributed by atoms with Gasteiger partial charge in [-0.15, -0.1) is 0 Å². The first-order valence-corrected chi connectivity index (χ1v) is 5.99. The zero-order valence-electron chi connectivity index (χ0n) is 7.99. The quantitative estimate of drug-likeness (QED) is 0.756. The molecule has 0 radical (unpaired) electrons. The van der Waals surface area contributed by atoms with Gasteiger partial charge in [-0.25, -0.2) is 12.8 Å². The summed E-state index contributed by atoms with van der Waals surface area (Å²) in [6, 6.07) is 6.08. The van der Waals surface area contributed by atoms with Crippen molar-refractivity contribution in [1.82, 2.24) is 0 Å². The second-order valence-corrected chi connectivity index (χ2v) is 5.00. The highest BCUT2D eigenvalue weighted by molar-refractivity contribution is 7.93. The standard InChI is InChI=1S/C10H11FO2S/c1-8(7-14(2,12)13)9-5-3-4-6-10(9)11/h3-7H,1-2H3/b8-7+. The Labute approximate surface area is 83.0 Å². The molecular weight excluding hydrogens is 203 g/mol.